The number of rotatable bonds is 4. The second kappa shape index (κ2) is 8.80. The van der Waals surface area contributed by atoms with Gasteiger partial charge in [-0.3, -0.25) is 9.59 Å². The molecule has 0 aliphatic carbocycles. The summed E-state index contributed by atoms with van der Waals surface area (Å²) in [6.45, 7) is -0.368. The van der Waals surface area contributed by atoms with Gasteiger partial charge in [0.25, 0.3) is 5.56 Å². The molecular formula is C21H18F4N4O4S. The SMILES string of the molecule is O=C(Nc1cc2c(=O)[nH]cnc2cc1F)C1CCN(S(=O)(=O)c2ccccc2C(F)(F)F)CC1. The Labute approximate surface area is 190 Å². The van der Waals surface area contributed by atoms with Gasteiger partial charge in [-0.25, -0.2) is 17.8 Å². The Kier molecular flexibility index (Phi) is 6.16. The summed E-state index contributed by atoms with van der Waals surface area (Å²) in [4.78, 5) is 29.9. The van der Waals surface area contributed by atoms with E-state index in [0.29, 0.717) is 6.07 Å². The summed E-state index contributed by atoms with van der Waals surface area (Å²) in [5.74, 6) is -2.10. The molecule has 2 heterocycles. The van der Waals surface area contributed by atoms with E-state index in [4.69, 9.17) is 0 Å². The maximum atomic E-state index is 14.4. The highest BCUT2D eigenvalue weighted by Crippen LogP contribution is 2.36. The van der Waals surface area contributed by atoms with Crippen molar-refractivity contribution in [3.63, 3.8) is 0 Å². The summed E-state index contributed by atoms with van der Waals surface area (Å²) in [6.07, 6.45) is -3.67. The lowest BCUT2D eigenvalue weighted by molar-refractivity contribution is -0.139. The number of sulfonamides is 1. The Morgan fingerprint density at radius 3 is 2.50 bits per heavy atom. The van der Waals surface area contributed by atoms with Gasteiger partial charge in [-0.1, -0.05) is 12.1 Å². The largest absolute Gasteiger partial charge is 0.417 e. The minimum atomic E-state index is -4.84. The highest BCUT2D eigenvalue weighted by Gasteiger charge is 2.40. The zero-order valence-electron chi connectivity index (χ0n) is 17.4. The summed E-state index contributed by atoms with van der Waals surface area (Å²) >= 11 is 0. The molecule has 1 aromatic heterocycles. The van der Waals surface area contributed by atoms with Gasteiger partial charge in [0, 0.05) is 25.1 Å². The molecule has 0 saturated carbocycles. The highest BCUT2D eigenvalue weighted by molar-refractivity contribution is 7.89. The van der Waals surface area contributed by atoms with Crippen molar-refractivity contribution >= 4 is 32.5 Å². The van der Waals surface area contributed by atoms with Gasteiger partial charge in [0.2, 0.25) is 15.9 Å². The molecule has 1 saturated heterocycles. The molecule has 0 bridgehead atoms. The van der Waals surface area contributed by atoms with Crippen LogP contribution in [0.1, 0.15) is 18.4 Å². The predicted molar refractivity (Wildman–Crippen MR) is 114 cm³/mol. The van der Waals surface area contributed by atoms with Crippen molar-refractivity contribution in [3.05, 3.63) is 64.5 Å². The third-order valence-corrected chi connectivity index (χ3v) is 7.58. The third kappa shape index (κ3) is 4.53. The summed E-state index contributed by atoms with van der Waals surface area (Å²) in [5.41, 5.74) is -1.90. The number of benzene rings is 2. The summed E-state index contributed by atoms with van der Waals surface area (Å²) in [6, 6.07) is 6.08. The number of hydrogen-bond acceptors (Lipinski definition) is 5. The molecular weight excluding hydrogens is 480 g/mol. The van der Waals surface area contributed by atoms with Crippen LogP contribution in [0, 0.1) is 11.7 Å². The van der Waals surface area contributed by atoms with Gasteiger partial charge in [0.15, 0.2) is 0 Å². The van der Waals surface area contributed by atoms with Gasteiger partial charge in [0.1, 0.15) is 5.82 Å². The first kappa shape index (κ1) is 23.8. The molecule has 4 rings (SSSR count). The second-order valence-corrected chi connectivity index (χ2v) is 9.65. The van der Waals surface area contributed by atoms with E-state index in [2.05, 4.69) is 15.3 Å². The smallest absolute Gasteiger partial charge is 0.323 e. The second-order valence-electron chi connectivity index (χ2n) is 7.74. The molecule has 0 unspecified atom stereocenters. The number of alkyl halides is 3. The Balaban J connectivity index is 1.48. The number of amides is 1. The number of aromatic amines is 1. The van der Waals surface area contributed by atoms with Crippen LogP contribution in [0.2, 0.25) is 0 Å². The Hall–Kier alpha value is -3.32. The van der Waals surface area contributed by atoms with E-state index in [-0.39, 0.29) is 42.5 Å². The lowest BCUT2D eigenvalue weighted by Crippen LogP contribution is -2.42. The van der Waals surface area contributed by atoms with Crippen LogP contribution in [0.5, 0.6) is 0 Å². The lowest BCUT2D eigenvalue weighted by atomic mass is 9.97. The van der Waals surface area contributed by atoms with E-state index in [1.807, 2.05) is 0 Å². The number of halogens is 4. The average molecular weight is 498 g/mol. The van der Waals surface area contributed by atoms with Gasteiger partial charge >= 0.3 is 6.18 Å². The molecule has 180 valence electrons. The molecule has 3 aromatic rings. The summed E-state index contributed by atoms with van der Waals surface area (Å²) < 4.78 is 80.9. The van der Waals surface area contributed by atoms with Crippen LogP contribution in [0.25, 0.3) is 10.9 Å². The van der Waals surface area contributed by atoms with E-state index in [9.17, 15) is 35.6 Å². The Morgan fingerprint density at radius 2 is 1.82 bits per heavy atom. The standard InChI is InChI=1S/C21H18F4N4O4S/c22-15-10-16-13(20(31)27-11-26-16)9-17(15)28-19(30)12-5-7-29(8-6-12)34(32,33)18-4-2-1-3-14(18)21(23,24)25/h1-4,9-12H,5-8H2,(H,28,30)(H,26,27,31). The van der Waals surface area contributed by atoms with Crippen LogP contribution in [-0.4, -0.2) is 41.7 Å². The molecule has 1 fully saturated rings. The van der Waals surface area contributed by atoms with E-state index < -0.39 is 49.9 Å². The summed E-state index contributed by atoms with van der Waals surface area (Å²) in [7, 11) is -4.44. The van der Waals surface area contributed by atoms with E-state index in [1.54, 1.807) is 0 Å². The first-order valence-electron chi connectivity index (χ1n) is 10.1. The minimum Gasteiger partial charge on any atom is -0.323 e. The highest BCUT2D eigenvalue weighted by atomic mass is 32.2. The number of carbonyl (C=O) groups is 1. The predicted octanol–water partition coefficient (Wildman–Crippen LogP) is 3.12. The molecule has 8 nitrogen and oxygen atoms in total. The molecule has 13 heteroatoms. The van der Waals surface area contributed by atoms with Crippen molar-refractivity contribution in [2.75, 3.05) is 18.4 Å². The average Bonchev–Trinajstić information content (AvgIpc) is 2.79. The molecule has 0 atom stereocenters. The maximum Gasteiger partial charge on any atom is 0.417 e. The van der Waals surface area contributed by atoms with Crippen LogP contribution < -0.4 is 10.9 Å². The van der Waals surface area contributed by atoms with Gasteiger partial charge in [-0.15, -0.1) is 0 Å². The number of carbonyl (C=O) groups excluding carboxylic acids is 1. The normalized spacial score (nSPS) is 16.0. The van der Waals surface area contributed by atoms with Crippen molar-refractivity contribution in [1.29, 1.82) is 0 Å². The minimum absolute atomic E-state index is 0.0244. The molecule has 1 aliphatic heterocycles. The van der Waals surface area contributed by atoms with Gasteiger partial charge in [0.05, 0.1) is 33.4 Å². The Morgan fingerprint density at radius 1 is 1.15 bits per heavy atom. The maximum absolute atomic E-state index is 14.4. The fourth-order valence-corrected chi connectivity index (χ4v) is 5.53. The zero-order valence-corrected chi connectivity index (χ0v) is 18.2. The van der Waals surface area contributed by atoms with E-state index >= 15 is 0 Å². The molecule has 1 amide bonds. The lowest BCUT2D eigenvalue weighted by Gasteiger charge is -2.31. The van der Waals surface area contributed by atoms with Crippen LogP contribution >= 0.6 is 0 Å². The zero-order chi connectivity index (χ0) is 24.7. The van der Waals surface area contributed by atoms with E-state index in [1.165, 1.54) is 6.07 Å². The first-order chi connectivity index (χ1) is 16.0. The fraction of sp³-hybridized carbons (Fsp3) is 0.286. The number of fused-ring (bicyclic) bond motifs is 1. The molecule has 2 N–H and O–H groups in total. The summed E-state index contributed by atoms with van der Waals surface area (Å²) in [5, 5.41) is 2.47. The molecule has 34 heavy (non-hydrogen) atoms. The van der Waals surface area contributed by atoms with Crippen molar-refractivity contribution < 1.29 is 30.8 Å². The first-order valence-corrected chi connectivity index (χ1v) is 11.6. The van der Waals surface area contributed by atoms with Crippen LogP contribution in [-0.2, 0) is 21.0 Å². The number of H-pyrrole nitrogens is 1. The Bertz CT molecular complexity index is 1410. The van der Waals surface area contributed by atoms with Crippen molar-refractivity contribution in [2.45, 2.75) is 23.9 Å². The van der Waals surface area contributed by atoms with Crippen LogP contribution in [0.3, 0.4) is 0 Å². The van der Waals surface area contributed by atoms with E-state index in [0.717, 1.165) is 34.9 Å². The number of nitrogens with zero attached hydrogens (tertiary/aromatic N) is 2. The van der Waals surface area contributed by atoms with Gasteiger partial charge in [-0.2, -0.15) is 17.5 Å². The molecule has 1 aliphatic rings. The third-order valence-electron chi connectivity index (χ3n) is 5.62. The van der Waals surface area contributed by atoms with Crippen molar-refractivity contribution in [2.24, 2.45) is 5.92 Å². The van der Waals surface area contributed by atoms with Crippen molar-refractivity contribution in [3.8, 4) is 0 Å². The molecule has 0 radical (unpaired) electrons. The number of nitrogens with one attached hydrogen (secondary N) is 2. The van der Waals surface area contributed by atoms with Crippen LogP contribution in [0.4, 0.5) is 23.2 Å². The van der Waals surface area contributed by atoms with Crippen LogP contribution in [0.15, 0.2) is 52.4 Å². The van der Waals surface area contributed by atoms with Gasteiger partial charge < -0.3 is 10.3 Å². The monoisotopic (exact) mass is 498 g/mol. The number of piperidine rings is 1. The van der Waals surface area contributed by atoms with Gasteiger partial charge in [-0.05, 0) is 31.0 Å². The quantitative estimate of drug-likeness (QED) is 0.537. The molecule has 2 aromatic carbocycles. The fourth-order valence-electron chi connectivity index (χ4n) is 3.84. The van der Waals surface area contributed by atoms with Crippen molar-refractivity contribution in [1.82, 2.24) is 14.3 Å². The number of hydrogen-bond donors (Lipinski definition) is 2. The topological polar surface area (TPSA) is 112 Å². The number of anilines is 1. The molecule has 0 spiro atoms. The number of aromatic nitrogens is 2.